The fourth-order valence-electron chi connectivity index (χ4n) is 1.72. The summed E-state index contributed by atoms with van der Waals surface area (Å²) in [4.78, 5) is 16.3. The largest absolute Gasteiger partial charge is 0.389 e. The highest BCUT2D eigenvalue weighted by Gasteiger charge is 2.09. The van der Waals surface area contributed by atoms with E-state index >= 15 is 0 Å². The smallest absolute Gasteiger partial charge is 0.244 e. The van der Waals surface area contributed by atoms with E-state index in [-0.39, 0.29) is 17.4 Å². The van der Waals surface area contributed by atoms with E-state index in [9.17, 15) is 4.79 Å². The highest BCUT2D eigenvalue weighted by atomic mass is 32.1. The summed E-state index contributed by atoms with van der Waals surface area (Å²) in [6.07, 6.45) is 3.42. The van der Waals surface area contributed by atoms with Gasteiger partial charge in [0.25, 0.3) is 0 Å². The van der Waals surface area contributed by atoms with Crippen LogP contribution in [0.4, 0.5) is 5.69 Å². The summed E-state index contributed by atoms with van der Waals surface area (Å²) in [6, 6.07) is 7.19. The molecule has 1 amide bonds. The SMILES string of the molecule is Cc1nccn1CC(=O)Nc1ccccc1C(N)=S. The van der Waals surface area contributed by atoms with Gasteiger partial charge in [-0.25, -0.2) is 4.98 Å². The van der Waals surface area contributed by atoms with Crippen LogP contribution in [0.25, 0.3) is 0 Å². The standard InChI is InChI=1S/C13H14N4OS/c1-9-15-6-7-17(9)8-12(18)16-11-5-3-2-4-10(11)13(14)19/h2-7H,8H2,1H3,(H2,14,19)(H,16,18). The number of aryl methyl sites for hydroxylation is 1. The van der Waals surface area contributed by atoms with Gasteiger partial charge in [-0.15, -0.1) is 0 Å². The Kier molecular flexibility index (Phi) is 3.91. The van der Waals surface area contributed by atoms with Gasteiger partial charge in [0, 0.05) is 18.0 Å². The molecule has 0 bridgehead atoms. The Balaban J connectivity index is 2.11. The van der Waals surface area contributed by atoms with Crippen LogP contribution in [0.3, 0.4) is 0 Å². The van der Waals surface area contributed by atoms with Crippen LogP contribution >= 0.6 is 12.2 Å². The second-order valence-electron chi connectivity index (χ2n) is 4.06. The van der Waals surface area contributed by atoms with Gasteiger partial charge in [-0.2, -0.15) is 0 Å². The molecule has 0 saturated heterocycles. The topological polar surface area (TPSA) is 72.9 Å². The van der Waals surface area contributed by atoms with Gasteiger partial charge in [0.2, 0.25) is 5.91 Å². The number of hydrogen-bond acceptors (Lipinski definition) is 3. The van der Waals surface area contributed by atoms with E-state index < -0.39 is 0 Å². The maximum Gasteiger partial charge on any atom is 0.244 e. The average Bonchev–Trinajstić information content (AvgIpc) is 2.75. The quantitative estimate of drug-likeness (QED) is 0.828. The Morgan fingerprint density at radius 3 is 2.84 bits per heavy atom. The van der Waals surface area contributed by atoms with Crippen molar-refractivity contribution >= 4 is 28.8 Å². The Morgan fingerprint density at radius 2 is 2.21 bits per heavy atom. The maximum absolute atomic E-state index is 12.0. The molecule has 98 valence electrons. The molecule has 5 nitrogen and oxygen atoms in total. The van der Waals surface area contributed by atoms with Crippen molar-refractivity contribution in [2.45, 2.75) is 13.5 Å². The highest BCUT2D eigenvalue weighted by Crippen LogP contribution is 2.14. The van der Waals surface area contributed by atoms with Gasteiger partial charge in [0.05, 0.1) is 5.69 Å². The van der Waals surface area contributed by atoms with Crippen molar-refractivity contribution in [2.24, 2.45) is 5.73 Å². The second kappa shape index (κ2) is 5.62. The third kappa shape index (κ3) is 3.17. The molecule has 0 aliphatic carbocycles. The molecular formula is C13H14N4OS. The molecule has 0 aliphatic heterocycles. The number of carbonyl (C=O) groups is 1. The second-order valence-corrected chi connectivity index (χ2v) is 4.50. The Bertz CT molecular complexity index is 621. The van der Waals surface area contributed by atoms with E-state index in [1.165, 1.54) is 0 Å². The number of nitrogens with two attached hydrogens (primary N) is 1. The van der Waals surface area contributed by atoms with Crippen molar-refractivity contribution in [3.05, 3.63) is 48.0 Å². The number of aromatic nitrogens is 2. The van der Waals surface area contributed by atoms with E-state index in [0.717, 1.165) is 5.82 Å². The van der Waals surface area contributed by atoms with E-state index in [1.54, 1.807) is 29.1 Å². The molecule has 2 aromatic rings. The first-order chi connectivity index (χ1) is 9.08. The Hall–Kier alpha value is -2.21. The number of para-hydroxylation sites is 1. The fourth-order valence-corrected chi connectivity index (χ4v) is 1.90. The lowest BCUT2D eigenvalue weighted by Crippen LogP contribution is -2.21. The molecule has 0 saturated carbocycles. The number of nitrogens with one attached hydrogen (secondary N) is 1. The minimum Gasteiger partial charge on any atom is -0.389 e. The lowest BCUT2D eigenvalue weighted by molar-refractivity contribution is -0.116. The third-order valence-electron chi connectivity index (χ3n) is 2.70. The average molecular weight is 274 g/mol. The molecule has 6 heteroatoms. The molecule has 3 N–H and O–H groups in total. The minimum atomic E-state index is -0.148. The molecule has 1 heterocycles. The number of hydrogen-bond donors (Lipinski definition) is 2. The number of nitrogens with zero attached hydrogens (tertiary/aromatic N) is 2. The molecule has 0 fully saturated rings. The summed E-state index contributed by atoms with van der Waals surface area (Å²) in [5.41, 5.74) is 6.90. The molecule has 0 radical (unpaired) electrons. The van der Waals surface area contributed by atoms with Crippen molar-refractivity contribution in [3.8, 4) is 0 Å². The molecule has 0 unspecified atom stereocenters. The van der Waals surface area contributed by atoms with E-state index in [2.05, 4.69) is 10.3 Å². The van der Waals surface area contributed by atoms with Crippen LogP contribution < -0.4 is 11.1 Å². The fraction of sp³-hybridized carbons (Fsp3) is 0.154. The molecule has 0 aliphatic rings. The molecule has 1 aromatic carbocycles. The number of anilines is 1. The number of imidazole rings is 1. The van der Waals surface area contributed by atoms with E-state index in [1.807, 2.05) is 19.1 Å². The normalized spacial score (nSPS) is 10.2. The number of thiocarbonyl (C=S) groups is 1. The first kappa shape index (κ1) is 13.2. The van der Waals surface area contributed by atoms with Crippen LogP contribution in [-0.4, -0.2) is 20.4 Å². The van der Waals surface area contributed by atoms with Crippen molar-refractivity contribution in [1.82, 2.24) is 9.55 Å². The zero-order chi connectivity index (χ0) is 13.8. The molecule has 19 heavy (non-hydrogen) atoms. The Morgan fingerprint density at radius 1 is 1.47 bits per heavy atom. The maximum atomic E-state index is 12.0. The number of benzene rings is 1. The van der Waals surface area contributed by atoms with E-state index in [4.69, 9.17) is 18.0 Å². The summed E-state index contributed by atoms with van der Waals surface area (Å²) < 4.78 is 1.76. The van der Waals surface area contributed by atoms with E-state index in [0.29, 0.717) is 11.3 Å². The zero-order valence-corrected chi connectivity index (χ0v) is 11.3. The monoisotopic (exact) mass is 274 g/mol. The summed E-state index contributed by atoms with van der Waals surface area (Å²) in [5, 5.41) is 2.80. The van der Waals surface area contributed by atoms with Gasteiger partial charge in [0.1, 0.15) is 17.4 Å². The number of amides is 1. The first-order valence-corrected chi connectivity index (χ1v) is 6.15. The summed E-state index contributed by atoms with van der Waals surface area (Å²) in [7, 11) is 0. The van der Waals surface area contributed by atoms with Gasteiger partial charge < -0.3 is 15.6 Å². The number of carbonyl (C=O) groups excluding carboxylic acids is 1. The predicted octanol–water partition coefficient (Wildman–Crippen LogP) is 1.46. The molecule has 1 aromatic heterocycles. The van der Waals surface area contributed by atoms with Crippen LogP contribution in [-0.2, 0) is 11.3 Å². The zero-order valence-electron chi connectivity index (χ0n) is 10.5. The summed E-state index contributed by atoms with van der Waals surface area (Å²) >= 11 is 4.95. The van der Waals surface area contributed by atoms with Crippen LogP contribution in [0, 0.1) is 6.92 Å². The molecule has 2 rings (SSSR count). The van der Waals surface area contributed by atoms with Crippen molar-refractivity contribution < 1.29 is 4.79 Å². The van der Waals surface area contributed by atoms with Crippen molar-refractivity contribution in [2.75, 3.05) is 5.32 Å². The first-order valence-electron chi connectivity index (χ1n) is 5.74. The van der Waals surface area contributed by atoms with Crippen LogP contribution in [0.2, 0.25) is 0 Å². The lowest BCUT2D eigenvalue weighted by Gasteiger charge is -2.10. The molecule has 0 atom stereocenters. The van der Waals surface area contributed by atoms with Crippen molar-refractivity contribution in [3.63, 3.8) is 0 Å². The molecule has 0 spiro atoms. The van der Waals surface area contributed by atoms with Gasteiger partial charge >= 0.3 is 0 Å². The molecular weight excluding hydrogens is 260 g/mol. The Labute approximate surface area is 116 Å². The lowest BCUT2D eigenvalue weighted by atomic mass is 10.2. The van der Waals surface area contributed by atoms with Crippen LogP contribution in [0.5, 0.6) is 0 Å². The van der Waals surface area contributed by atoms with Gasteiger partial charge in [-0.05, 0) is 19.1 Å². The van der Waals surface area contributed by atoms with Gasteiger partial charge in [-0.3, -0.25) is 4.79 Å². The van der Waals surface area contributed by atoms with Crippen molar-refractivity contribution in [1.29, 1.82) is 0 Å². The van der Waals surface area contributed by atoms with Crippen LogP contribution in [0.15, 0.2) is 36.7 Å². The third-order valence-corrected chi connectivity index (χ3v) is 2.92. The van der Waals surface area contributed by atoms with Gasteiger partial charge in [-0.1, -0.05) is 24.4 Å². The minimum absolute atomic E-state index is 0.148. The predicted molar refractivity (Wildman–Crippen MR) is 77.9 cm³/mol. The van der Waals surface area contributed by atoms with Gasteiger partial charge in [0.15, 0.2) is 0 Å². The number of rotatable bonds is 4. The summed E-state index contributed by atoms with van der Waals surface area (Å²) in [6.45, 7) is 2.05. The van der Waals surface area contributed by atoms with Crippen LogP contribution in [0.1, 0.15) is 11.4 Å². The summed E-state index contributed by atoms with van der Waals surface area (Å²) in [5.74, 6) is 0.641. The highest BCUT2D eigenvalue weighted by molar-refractivity contribution is 7.80.